The monoisotopic (exact) mass is 311 g/mol. The predicted octanol–water partition coefficient (Wildman–Crippen LogP) is 2.45. The molecule has 2 aromatic rings. The van der Waals surface area contributed by atoms with E-state index in [1.54, 1.807) is 12.4 Å². The van der Waals surface area contributed by atoms with Gasteiger partial charge in [0.05, 0.1) is 28.7 Å². The Bertz CT molecular complexity index is 710. The largest absolute Gasteiger partial charge is 0.516 e. The molecule has 1 aliphatic heterocycles. The van der Waals surface area contributed by atoms with Crippen LogP contribution in [0.3, 0.4) is 0 Å². The highest BCUT2D eigenvalue weighted by Gasteiger charge is 2.52. The molecular weight excluding hydrogens is 289 g/mol. The van der Waals surface area contributed by atoms with Crippen molar-refractivity contribution in [2.24, 2.45) is 0 Å². The van der Waals surface area contributed by atoms with E-state index in [1.807, 2.05) is 53.7 Å². The molecule has 0 aromatic carbocycles. The number of nitrogens with zero attached hydrogens (tertiary/aromatic N) is 3. The molecule has 3 rings (SSSR count). The lowest BCUT2D eigenvalue weighted by molar-refractivity contribution is 0.00578. The first-order valence-electron chi connectivity index (χ1n) is 7.81. The number of aryl methyl sites for hydroxylation is 2. The van der Waals surface area contributed by atoms with Gasteiger partial charge in [-0.25, -0.2) is 0 Å². The molecular formula is C17H22BN3O2. The van der Waals surface area contributed by atoms with E-state index in [2.05, 4.69) is 9.97 Å². The van der Waals surface area contributed by atoms with Crippen LogP contribution in [0, 0.1) is 13.8 Å². The Morgan fingerprint density at radius 2 is 1.43 bits per heavy atom. The molecule has 0 atom stereocenters. The van der Waals surface area contributed by atoms with E-state index in [1.165, 1.54) is 0 Å². The van der Waals surface area contributed by atoms with E-state index in [0.717, 1.165) is 22.6 Å². The average molecular weight is 311 g/mol. The zero-order valence-corrected chi connectivity index (χ0v) is 14.5. The van der Waals surface area contributed by atoms with E-state index in [0.29, 0.717) is 5.59 Å². The van der Waals surface area contributed by atoms with Gasteiger partial charge in [-0.2, -0.15) is 0 Å². The summed E-state index contributed by atoms with van der Waals surface area (Å²) in [5.41, 5.74) is 3.63. The van der Waals surface area contributed by atoms with Crippen molar-refractivity contribution in [1.29, 1.82) is 0 Å². The van der Waals surface area contributed by atoms with Crippen LogP contribution in [-0.4, -0.2) is 33.3 Å². The van der Waals surface area contributed by atoms with E-state index in [4.69, 9.17) is 14.3 Å². The van der Waals surface area contributed by atoms with Gasteiger partial charge in [-0.1, -0.05) is 0 Å². The van der Waals surface area contributed by atoms with Crippen molar-refractivity contribution in [3.8, 4) is 11.3 Å². The molecule has 1 saturated heterocycles. The van der Waals surface area contributed by atoms with E-state index < -0.39 is 7.12 Å². The van der Waals surface area contributed by atoms with Crippen LogP contribution in [0.4, 0.5) is 0 Å². The predicted molar refractivity (Wildman–Crippen MR) is 90.5 cm³/mol. The van der Waals surface area contributed by atoms with Crippen molar-refractivity contribution in [2.75, 3.05) is 0 Å². The first-order chi connectivity index (χ1) is 10.7. The van der Waals surface area contributed by atoms with Gasteiger partial charge in [0.2, 0.25) is 0 Å². The van der Waals surface area contributed by atoms with Gasteiger partial charge in [-0.05, 0) is 53.7 Å². The Labute approximate surface area is 137 Å². The Morgan fingerprint density at radius 3 is 2.00 bits per heavy atom. The molecule has 0 amide bonds. The lowest BCUT2D eigenvalue weighted by Crippen LogP contribution is -2.41. The summed E-state index contributed by atoms with van der Waals surface area (Å²) in [6, 6.07) is 4.01. The highest BCUT2D eigenvalue weighted by Crippen LogP contribution is 2.36. The van der Waals surface area contributed by atoms with Crippen LogP contribution in [0.5, 0.6) is 0 Å². The third-order valence-corrected chi connectivity index (χ3v) is 4.53. The van der Waals surface area contributed by atoms with E-state index >= 15 is 0 Å². The lowest BCUT2D eigenvalue weighted by Gasteiger charge is -2.32. The summed E-state index contributed by atoms with van der Waals surface area (Å²) in [7, 11) is -0.503. The van der Waals surface area contributed by atoms with Gasteiger partial charge in [0.1, 0.15) is 0 Å². The molecule has 5 nitrogen and oxygen atoms in total. The van der Waals surface area contributed by atoms with Crippen molar-refractivity contribution in [1.82, 2.24) is 15.0 Å². The van der Waals surface area contributed by atoms with Crippen molar-refractivity contribution in [3.05, 3.63) is 35.9 Å². The molecule has 2 aromatic heterocycles. The number of pyridine rings is 1. The average Bonchev–Trinajstić information content (AvgIpc) is 2.67. The summed E-state index contributed by atoms with van der Waals surface area (Å²) in [6.07, 6.45) is 3.45. The molecule has 1 fully saturated rings. The van der Waals surface area contributed by atoms with Crippen LogP contribution >= 0.6 is 0 Å². The Kier molecular flexibility index (Phi) is 3.77. The maximum atomic E-state index is 6.05. The van der Waals surface area contributed by atoms with Crippen LogP contribution in [-0.2, 0) is 9.31 Å². The maximum absolute atomic E-state index is 6.05. The fraction of sp³-hybridized carbons (Fsp3) is 0.471. The first-order valence-corrected chi connectivity index (χ1v) is 7.81. The zero-order valence-electron chi connectivity index (χ0n) is 14.5. The molecule has 0 bridgehead atoms. The van der Waals surface area contributed by atoms with Crippen LogP contribution in [0.15, 0.2) is 24.5 Å². The second kappa shape index (κ2) is 5.39. The fourth-order valence-corrected chi connectivity index (χ4v) is 2.58. The van der Waals surface area contributed by atoms with Gasteiger partial charge in [0.25, 0.3) is 0 Å². The summed E-state index contributed by atoms with van der Waals surface area (Å²) >= 11 is 0. The smallest absolute Gasteiger partial charge is 0.398 e. The summed E-state index contributed by atoms with van der Waals surface area (Å²) in [5, 5.41) is 0. The molecule has 23 heavy (non-hydrogen) atoms. The van der Waals surface area contributed by atoms with Gasteiger partial charge in [-0.3, -0.25) is 15.0 Å². The Balaban J connectivity index is 1.95. The number of hydrogen-bond donors (Lipinski definition) is 0. The van der Waals surface area contributed by atoms with Gasteiger partial charge >= 0.3 is 7.12 Å². The lowest BCUT2D eigenvalue weighted by atomic mass is 9.85. The standard InChI is InChI=1S/C17H22BN3O2/c1-11-7-13(8-12(2)20-11)14-9-19-10-15(21-14)18-22-16(3,4)17(5,6)23-18/h7-10H,1-6H3. The molecule has 6 heteroatoms. The Hall–Kier alpha value is -1.79. The topological polar surface area (TPSA) is 57.1 Å². The van der Waals surface area contributed by atoms with Crippen LogP contribution < -0.4 is 5.59 Å². The molecule has 120 valence electrons. The zero-order chi connectivity index (χ0) is 16.8. The SMILES string of the molecule is Cc1cc(-c2cncc(B3OC(C)(C)C(C)(C)O3)n2)cc(C)n1. The van der Waals surface area contributed by atoms with Crippen LogP contribution in [0.25, 0.3) is 11.3 Å². The summed E-state index contributed by atoms with van der Waals surface area (Å²) in [5.74, 6) is 0. The van der Waals surface area contributed by atoms with E-state index in [-0.39, 0.29) is 11.2 Å². The molecule has 3 heterocycles. The second-order valence-electron chi connectivity index (χ2n) is 7.06. The van der Waals surface area contributed by atoms with Gasteiger partial charge < -0.3 is 9.31 Å². The molecule has 0 radical (unpaired) electrons. The number of rotatable bonds is 2. The Morgan fingerprint density at radius 1 is 0.870 bits per heavy atom. The minimum atomic E-state index is -0.503. The first kappa shape index (κ1) is 16.1. The minimum Gasteiger partial charge on any atom is -0.398 e. The maximum Gasteiger partial charge on any atom is 0.516 e. The van der Waals surface area contributed by atoms with Gasteiger partial charge in [-0.15, -0.1) is 0 Å². The van der Waals surface area contributed by atoms with Crippen molar-refractivity contribution < 1.29 is 9.31 Å². The van der Waals surface area contributed by atoms with Gasteiger partial charge in [0, 0.05) is 23.1 Å². The normalized spacial score (nSPS) is 19.1. The molecule has 0 unspecified atom stereocenters. The van der Waals surface area contributed by atoms with E-state index in [9.17, 15) is 0 Å². The molecule has 1 aliphatic rings. The van der Waals surface area contributed by atoms with Crippen molar-refractivity contribution in [3.63, 3.8) is 0 Å². The summed E-state index contributed by atoms with van der Waals surface area (Å²) < 4.78 is 12.1. The molecule has 0 spiro atoms. The van der Waals surface area contributed by atoms with Gasteiger partial charge in [0.15, 0.2) is 0 Å². The van der Waals surface area contributed by atoms with Crippen molar-refractivity contribution in [2.45, 2.75) is 52.7 Å². The highest BCUT2D eigenvalue weighted by molar-refractivity contribution is 6.61. The van der Waals surface area contributed by atoms with Crippen molar-refractivity contribution >= 4 is 12.7 Å². The van der Waals surface area contributed by atoms with Crippen LogP contribution in [0.1, 0.15) is 39.1 Å². The molecule has 0 aliphatic carbocycles. The third kappa shape index (κ3) is 3.01. The second-order valence-corrected chi connectivity index (χ2v) is 7.06. The molecule has 0 saturated carbocycles. The van der Waals surface area contributed by atoms with Crippen LogP contribution in [0.2, 0.25) is 0 Å². The molecule has 0 N–H and O–H groups in total. The fourth-order valence-electron chi connectivity index (χ4n) is 2.58. The number of aromatic nitrogens is 3. The number of hydrogen-bond acceptors (Lipinski definition) is 5. The minimum absolute atomic E-state index is 0.390. The quantitative estimate of drug-likeness (QED) is 0.797. The third-order valence-electron chi connectivity index (χ3n) is 4.53. The summed E-state index contributed by atoms with van der Waals surface area (Å²) in [4.78, 5) is 13.4. The highest BCUT2D eigenvalue weighted by atomic mass is 16.7. The summed E-state index contributed by atoms with van der Waals surface area (Å²) in [6.45, 7) is 12.1.